The van der Waals surface area contributed by atoms with E-state index in [1.165, 1.54) is 16.5 Å². The van der Waals surface area contributed by atoms with Gasteiger partial charge in [-0.1, -0.05) is 30.3 Å². The highest BCUT2D eigenvalue weighted by molar-refractivity contribution is 5.95. The average molecular weight is 409 g/mol. The summed E-state index contributed by atoms with van der Waals surface area (Å²) in [5, 5.41) is 2.77. The zero-order valence-corrected chi connectivity index (χ0v) is 17.6. The molecule has 0 unspecified atom stereocenters. The highest BCUT2D eigenvalue weighted by atomic mass is 16.5. The third kappa shape index (κ3) is 6.19. The number of carbonyl (C=O) groups excluding carboxylic acids is 2. The Kier molecular flexibility index (Phi) is 7.63. The van der Waals surface area contributed by atoms with E-state index in [0.717, 1.165) is 30.9 Å². The predicted molar refractivity (Wildman–Crippen MR) is 117 cm³/mol. The Morgan fingerprint density at radius 3 is 2.40 bits per heavy atom. The SMILES string of the molecule is COc1ccc(C[NH+]2CCN(C(=O)[C@H](C)NC(=O)/C=C/c3ccccc3)CC2)cc1. The van der Waals surface area contributed by atoms with E-state index in [-0.39, 0.29) is 11.8 Å². The zero-order chi connectivity index (χ0) is 21.3. The van der Waals surface area contributed by atoms with Crippen molar-refractivity contribution in [1.82, 2.24) is 10.2 Å². The number of benzene rings is 2. The number of methoxy groups -OCH3 is 1. The minimum Gasteiger partial charge on any atom is -0.497 e. The van der Waals surface area contributed by atoms with Crippen LogP contribution in [-0.2, 0) is 16.1 Å². The molecule has 2 aromatic carbocycles. The minimum atomic E-state index is -0.541. The molecule has 1 aliphatic heterocycles. The Morgan fingerprint density at radius 1 is 1.10 bits per heavy atom. The molecule has 30 heavy (non-hydrogen) atoms. The van der Waals surface area contributed by atoms with Crippen LogP contribution < -0.4 is 15.0 Å². The summed E-state index contributed by atoms with van der Waals surface area (Å²) in [6.07, 6.45) is 3.21. The van der Waals surface area contributed by atoms with Crippen LogP contribution in [0.5, 0.6) is 5.75 Å². The second-order valence-corrected chi connectivity index (χ2v) is 7.57. The Bertz CT molecular complexity index is 857. The van der Waals surface area contributed by atoms with Crippen molar-refractivity contribution in [2.75, 3.05) is 33.3 Å². The van der Waals surface area contributed by atoms with Crippen LogP contribution in [-0.4, -0.2) is 56.0 Å². The summed E-state index contributed by atoms with van der Waals surface area (Å²) in [4.78, 5) is 28.1. The summed E-state index contributed by atoms with van der Waals surface area (Å²) in [6, 6.07) is 17.2. The number of hydrogen-bond acceptors (Lipinski definition) is 3. The number of piperazine rings is 1. The van der Waals surface area contributed by atoms with E-state index < -0.39 is 6.04 Å². The van der Waals surface area contributed by atoms with Crippen molar-refractivity contribution >= 4 is 17.9 Å². The zero-order valence-electron chi connectivity index (χ0n) is 17.6. The van der Waals surface area contributed by atoms with Crippen LogP contribution in [0, 0.1) is 0 Å². The smallest absolute Gasteiger partial charge is 0.245 e. The van der Waals surface area contributed by atoms with E-state index in [2.05, 4.69) is 17.4 Å². The van der Waals surface area contributed by atoms with Crippen molar-refractivity contribution in [2.24, 2.45) is 0 Å². The maximum absolute atomic E-state index is 12.7. The lowest BCUT2D eigenvalue weighted by Crippen LogP contribution is -3.13. The molecule has 2 amide bonds. The van der Waals surface area contributed by atoms with Gasteiger partial charge in [0.25, 0.3) is 0 Å². The van der Waals surface area contributed by atoms with Gasteiger partial charge in [-0.3, -0.25) is 9.59 Å². The molecule has 1 heterocycles. The molecule has 0 spiro atoms. The average Bonchev–Trinajstić information content (AvgIpc) is 2.79. The maximum atomic E-state index is 12.7. The summed E-state index contributed by atoms with van der Waals surface area (Å²) in [5.41, 5.74) is 2.21. The molecule has 158 valence electrons. The fraction of sp³-hybridized carbons (Fsp3) is 0.333. The van der Waals surface area contributed by atoms with E-state index in [1.54, 1.807) is 20.1 Å². The molecule has 2 aromatic rings. The summed E-state index contributed by atoms with van der Waals surface area (Å²) in [5.74, 6) is 0.572. The van der Waals surface area contributed by atoms with Gasteiger partial charge in [0.05, 0.1) is 33.3 Å². The molecular weight excluding hydrogens is 378 g/mol. The normalized spacial score (nSPS) is 15.7. The van der Waals surface area contributed by atoms with Crippen molar-refractivity contribution in [3.63, 3.8) is 0 Å². The van der Waals surface area contributed by atoms with Gasteiger partial charge in [0, 0.05) is 11.6 Å². The van der Waals surface area contributed by atoms with Crippen LogP contribution in [0.3, 0.4) is 0 Å². The van der Waals surface area contributed by atoms with E-state index in [0.29, 0.717) is 13.1 Å². The lowest BCUT2D eigenvalue weighted by atomic mass is 10.1. The lowest BCUT2D eigenvalue weighted by molar-refractivity contribution is -0.917. The number of nitrogens with one attached hydrogen (secondary N) is 2. The first-order valence-electron chi connectivity index (χ1n) is 10.3. The van der Waals surface area contributed by atoms with Crippen molar-refractivity contribution in [3.8, 4) is 5.75 Å². The van der Waals surface area contributed by atoms with Gasteiger partial charge in [0.1, 0.15) is 18.3 Å². The summed E-state index contributed by atoms with van der Waals surface area (Å²) >= 11 is 0. The molecule has 1 fully saturated rings. The quantitative estimate of drug-likeness (QED) is 0.676. The maximum Gasteiger partial charge on any atom is 0.245 e. The lowest BCUT2D eigenvalue weighted by Gasteiger charge is -2.33. The first-order valence-corrected chi connectivity index (χ1v) is 10.3. The molecule has 0 saturated carbocycles. The number of rotatable bonds is 7. The van der Waals surface area contributed by atoms with E-state index in [9.17, 15) is 9.59 Å². The minimum absolute atomic E-state index is 0.0278. The molecule has 0 bridgehead atoms. The first kappa shape index (κ1) is 21.6. The fourth-order valence-electron chi connectivity index (χ4n) is 3.59. The third-order valence-corrected chi connectivity index (χ3v) is 5.35. The van der Waals surface area contributed by atoms with Crippen molar-refractivity contribution in [3.05, 3.63) is 71.8 Å². The molecule has 2 N–H and O–H groups in total. The Morgan fingerprint density at radius 2 is 1.77 bits per heavy atom. The van der Waals surface area contributed by atoms with E-state index in [1.807, 2.05) is 47.4 Å². The van der Waals surface area contributed by atoms with Gasteiger partial charge in [-0.15, -0.1) is 0 Å². The van der Waals surface area contributed by atoms with Crippen molar-refractivity contribution in [2.45, 2.75) is 19.5 Å². The van der Waals surface area contributed by atoms with Gasteiger partial charge >= 0.3 is 0 Å². The Balaban J connectivity index is 1.43. The monoisotopic (exact) mass is 408 g/mol. The molecule has 1 atom stereocenters. The standard InChI is InChI=1S/C24H29N3O3/c1-19(25-23(28)13-10-20-6-4-3-5-7-20)24(29)27-16-14-26(15-17-27)18-21-8-11-22(30-2)12-9-21/h3-13,19H,14-18H2,1-2H3,(H,25,28)/p+1/b13-10+/t19-/m0/s1. The third-order valence-electron chi connectivity index (χ3n) is 5.35. The number of nitrogens with zero attached hydrogens (tertiary/aromatic N) is 1. The van der Waals surface area contributed by atoms with E-state index >= 15 is 0 Å². The highest BCUT2D eigenvalue weighted by Crippen LogP contribution is 2.10. The predicted octanol–water partition coefficient (Wildman–Crippen LogP) is 1.14. The van der Waals surface area contributed by atoms with Gasteiger partial charge in [0.15, 0.2) is 0 Å². The van der Waals surface area contributed by atoms with Crippen LogP contribution in [0.15, 0.2) is 60.7 Å². The molecule has 1 aliphatic rings. The number of ether oxygens (including phenoxy) is 1. The molecule has 3 rings (SSSR count). The summed E-state index contributed by atoms with van der Waals surface area (Å²) in [6.45, 7) is 5.86. The topological polar surface area (TPSA) is 63.1 Å². The number of carbonyl (C=O) groups is 2. The molecule has 1 saturated heterocycles. The largest absolute Gasteiger partial charge is 0.497 e. The van der Waals surface area contributed by atoms with Crippen LogP contribution in [0.1, 0.15) is 18.1 Å². The van der Waals surface area contributed by atoms with Gasteiger partial charge in [-0.2, -0.15) is 0 Å². The number of amides is 2. The van der Waals surface area contributed by atoms with Gasteiger partial charge < -0.3 is 19.9 Å². The Labute approximate surface area is 178 Å². The van der Waals surface area contributed by atoms with Crippen LogP contribution in [0.2, 0.25) is 0 Å². The number of hydrogen-bond donors (Lipinski definition) is 2. The summed E-state index contributed by atoms with van der Waals surface area (Å²) < 4.78 is 5.20. The van der Waals surface area contributed by atoms with Gasteiger partial charge in [0.2, 0.25) is 11.8 Å². The highest BCUT2D eigenvalue weighted by Gasteiger charge is 2.27. The van der Waals surface area contributed by atoms with Crippen LogP contribution in [0.4, 0.5) is 0 Å². The van der Waals surface area contributed by atoms with Crippen LogP contribution in [0.25, 0.3) is 6.08 Å². The fourth-order valence-corrected chi connectivity index (χ4v) is 3.59. The van der Waals surface area contributed by atoms with Crippen molar-refractivity contribution < 1.29 is 19.2 Å². The van der Waals surface area contributed by atoms with Crippen LogP contribution >= 0.6 is 0 Å². The molecule has 6 heteroatoms. The second-order valence-electron chi connectivity index (χ2n) is 7.57. The van der Waals surface area contributed by atoms with Crippen molar-refractivity contribution in [1.29, 1.82) is 0 Å². The molecule has 0 radical (unpaired) electrons. The molecule has 0 aliphatic carbocycles. The molecular formula is C24H30N3O3+. The van der Waals surface area contributed by atoms with Gasteiger partial charge in [-0.05, 0) is 42.8 Å². The second kappa shape index (κ2) is 10.6. The van der Waals surface area contributed by atoms with E-state index in [4.69, 9.17) is 4.74 Å². The Hall–Kier alpha value is -3.12. The number of quaternary nitrogens is 1. The van der Waals surface area contributed by atoms with Gasteiger partial charge in [-0.25, -0.2) is 0 Å². The first-order chi connectivity index (χ1) is 14.5. The molecule has 6 nitrogen and oxygen atoms in total. The molecule has 0 aromatic heterocycles. The summed E-state index contributed by atoms with van der Waals surface area (Å²) in [7, 11) is 1.67.